The van der Waals surface area contributed by atoms with Gasteiger partial charge in [-0.3, -0.25) is 14.3 Å². The molecule has 5 nitrogen and oxygen atoms in total. The van der Waals surface area contributed by atoms with Gasteiger partial charge in [-0.05, 0) is 43.2 Å². The smallest absolute Gasteiger partial charge is 0.261 e. The van der Waals surface area contributed by atoms with Crippen LogP contribution in [0.2, 0.25) is 0 Å². The van der Waals surface area contributed by atoms with E-state index in [1.54, 1.807) is 13.2 Å². The van der Waals surface area contributed by atoms with Crippen LogP contribution < -0.4 is 11.3 Å². The third-order valence-electron chi connectivity index (χ3n) is 3.74. The summed E-state index contributed by atoms with van der Waals surface area (Å²) >= 11 is 0. The van der Waals surface area contributed by atoms with Crippen LogP contribution in [0.1, 0.15) is 24.1 Å². The van der Waals surface area contributed by atoms with Crippen LogP contribution in [0.25, 0.3) is 22.4 Å². The average Bonchev–Trinajstić information content (AvgIpc) is 2.51. The molecule has 0 spiro atoms. The molecule has 2 aromatic heterocycles. The minimum absolute atomic E-state index is 0.0868. The van der Waals surface area contributed by atoms with E-state index in [-0.39, 0.29) is 11.6 Å². The predicted octanol–water partition coefficient (Wildman–Crippen LogP) is 2.32. The van der Waals surface area contributed by atoms with Crippen LogP contribution in [0.5, 0.6) is 0 Å². The van der Waals surface area contributed by atoms with Crippen molar-refractivity contribution in [3.05, 3.63) is 58.0 Å². The predicted molar refractivity (Wildman–Crippen MR) is 87.6 cm³/mol. The molecule has 0 bridgehead atoms. The minimum Gasteiger partial charge on any atom is -0.324 e. The first kappa shape index (κ1) is 14.4. The first-order valence-corrected chi connectivity index (χ1v) is 7.17. The van der Waals surface area contributed by atoms with Crippen molar-refractivity contribution < 1.29 is 0 Å². The molecule has 112 valence electrons. The summed E-state index contributed by atoms with van der Waals surface area (Å²) in [4.78, 5) is 21.7. The van der Waals surface area contributed by atoms with E-state index in [1.807, 2.05) is 44.2 Å². The molecule has 0 aliphatic heterocycles. The summed E-state index contributed by atoms with van der Waals surface area (Å²) < 4.78 is 1.54. The normalized spacial score (nSPS) is 12.5. The molecule has 1 aromatic carbocycles. The quantitative estimate of drug-likeness (QED) is 0.787. The van der Waals surface area contributed by atoms with E-state index < -0.39 is 0 Å². The maximum Gasteiger partial charge on any atom is 0.261 e. The second-order valence-electron chi connectivity index (χ2n) is 5.55. The number of nitrogens with zero attached hydrogens (tertiary/aromatic N) is 3. The first-order valence-electron chi connectivity index (χ1n) is 7.17. The van der Waals surface area contributed by atoms with E-state index in [9.17, 15) is 4.79 Å². The summed E-state index contributed by atoms with van der Waals surface area (Å²) in [6.45, 7) is 3.85. The van der Waals surface area contributed by atoms with Gasteiger partial charge in [0.2, 0.25) is 0 Å². The van der Waals surface area contributed by atoms with Crippen LogP contribution in [-0.2, 0) is 7.05 Å². The van der Waals surface area contributed by atoms with Crippen LogP contribution in [0.15, 0.2) is 41.3 Å². The highest BCUT2D eigenvalue weighted by Crippen LogP contribution is 2.23. The number of nitrogens with two attached hydrogens (primary N) is 1. The fourth-order valence-electron chi connectivity index (χ4n) is 2.62. The van der Waals surface area contributed by atoms with Gasteiger partial charge in [0.05, 0.1) is 10.9 Å². The molecule has 5 heteroatoms. The molecule has 0 amide bonds. The summed E-state index contributed by atoms with van der Waals surface area (Å²) in [7, 11) is 1.71. The average molecular weight is 294 g/mol. The molecule has 3 rings (SSSR count). The van der Waals surface area contributed by atoms with Gasteiger partial charge in [-0.1, -0.05) is 12.1 Å². The lowest BCUT2D eigenvalue weighted by Gasteiger charge is -2.14. The van der Waals surface area contributed by atoms with Crippen molar-refractivity contribution in [3.63, 3.8) is 0 Å². The third-order valence-corrected chi connectivity index (χ3v) is 3.74. The topological polar surface area (TPSA) is 73.8 Å². The van der Waals surface area contributed by atoms with Gasteiger partial charge >= 0.3 is 0 Å². The molecule has 0 radical (unpaired) electrons. The molecule has 2 N–H and O–H groups in total. The van der Waals surface area contributed by atoms with Crippen molar-refractivity contribution in [2.45, 2.75) is 19.9 Å². The number of aryl methyl sites for hydroxylation is 1. The molecule has 0 aliphatic rings. The van der Waals surface area contributed by atoms with Gasteiger partial charge in [0.25, 0.3) is 5.56 Å². The van der Waals surface area contributed by atoms with Gasteiger partial charge in [0, 0.05) is 19.3 Å². The molecule has 3 aromatic rings. The van der Waals surface area contributed by atoms with Crippen LogP contribution in [0, 0.1) is 6.92 Å². The van der Waals surface area contributed by atoms with E-state index in [2.05, 4.69) is 9.97 Å². The minimum atomic E-state index is -0.196. The van der Waals surface area contributed by atoms with E-state index in [0.717, 1.165) is 11.1 Å². The lowest BCUT2D eigenvalue weighted by molar-refractivity contribution is 0.812. The lowest BCUT2D eigenvalue weighted by Crippen LogP contribution is -2.22. The van der Waals surface area contributed by atoms with Crippen LogP contribution in [-0.4, -0.2) is 14.5 Å². The van der Waals surface area contributed by atoms with Crippen LogP contribution in [0.3, 0.4) is 0 Å². The Morgan fingerprint density at radius 3 is 2.68 bits per heavy atom. The fraction of sp³-hybridized carbons (Fsp3) is 0.235. The Labute approximate surface area is 128 Å². The van der Waals surface area contributed by atoms with Crippen molar-refractivity contribution in [3.8, 4) is 11.5 Å². The zero-order chi connectivity index (χ0) is 15.9. The zero-order valence-corrected chi connectivity index (χ0v) is 12.9. The SMILES string of the molecule is Cc1cc([C@@H](C)N)c2nc(-c3ccccn3)n(C)c(=O)c2c1. The summed E-state index contributed by atoms with van der Waals surface area (Å²) in [6.07, 6.45) is 1.69. The van der Waals surface area contributed by atoms with E-state index in [4.69, 9.17) is 5.73 Å². The highest BCUT2D eigenvalue weighted by Gasteiger charge is 2.15. The highest BCUT2D eigenvalue weighted by atomic mass is 16.1. The molecule has 22 heavy (non-hydrogen) atoms. The van der Waals surface area contributed by atoms with Gasteiger partial charge in [-0.2, -0.15) is 0 Å². The second kappa shape index (κ2) is 5.35. The van der Waals surface area contributed by atoms with Gasteiger partial charge in [0.1, 0.15) is 5.69 Å². The molecule has 1 atom stereocenters. The maximum absolute atomic E-state index is 12.7. The van der Waals surface area contributed by atoms with Crippen molar-refractivity contribution in [1.29, 1.82) is 0 Å². The Morgan fingerprint density at radius 1 is 1.27 bits per heavy atom. The van der Waals surface area contributed by atoms with Gasteiger partial charge in [-0.15, -0.1) is 0 Å². The number of hydrogen-bond donors (Lipinski definition) is 1. The zero-order valence-electron chi connectivity index (χ0n) is 12.9. The number of pyridine rings is 1. The largest absolute Gasteiger partial charge is 0.324 e. The molecule has 0 aliphatic carbocycles. The van der Waals surface area contributed by atoms with E-state index >= 15 is 0 Å². The Morgan fingerprint density at radius 2 is 2.05 bits per heavy atom. The Bertz CT molecular complexity index is 898. The van der Waals surface area contributed by atoms with Gasteiger partial charge in [-0.25, -0.2) is 4.98 Å². The highest BCUT2D eigenvalue weighted by molar-refractivity contribution is 5.84. The number of fused-ring (bicyclic) bond motifs is 1. The Balaban J connectivity index is 2.43. The fourth-order valence-corrected chi connectivity index (χ4v) is 2.62. The summed E-state index contributed by atoms with van der Waals surface area (Å²) in [5.74, 6) is 0.545. The molecular weight excluding hydrogens is 276 g/mol. The summed E-state index contributed by atoms with van der Waals surface area (Å²) in [5.41, 5.74) is 9.18. The third kappa shape index (κ3) is 2.29. The Hall–Kier alpha value is -2.53. The Kier molecular flexibility index (Phi) is 3.50. The second-order valence-corrected chi connectivity index (χ2v) is 5.55. The molecule has 2 heterocycles. The number of hydrogen-bond acceptors (Lipinski definition) is 4. The van der Waals surface area contributed by atoms with Gasteiger partial charge in [0.15, 0.2) is 5.82 Å². The number of benzene rings is 1. The standard InChI is InChI=1S/C17H18N4O/c1-10-8-12(11(2)18)15-13(9-10)17(22)21(3)16(20-15)14-6-4-5-7-19-14/h4-9,11H,18H2,1-3H3/t11-/m1/s1. The molecule has 0 saturated carbocycles. The molecular formula is C17H18N4O. The molecule has 0 saturated heterocycles. The van der Waals surface area contributed by atoms with E-state index in [1.165, 1.54) is 4.57 Å². The number of aromatic nitrogens is 3. The van der Waals surface area contributed by atoms with Crippen LogP contribution in [0.4, 0.5) is 0 Å². The van der Waals surface area contributed by atoms with Crippen molar-refractivity contribution >= 4 is 10.9 Å². The van der Waals surface area contributed by atoms with Gasteiger partial charge < -0.3 is 5.73 Å². The maximum atomic E-state index is 12.7. The van der Waals surface area contributed by atoms with Crippen molar-refractivity contribution in [2.75, 3.05) is 0 Å². The van der Waals surface area contributed by atoms with Crippen LogP contribution >= 0.6 is 0 Å². The van der Waals surface area contributed by atoms with Crippen molar-refractivity contribution in [1.82, 2.24) is 14.5 Å². The number of rotatable bonds is 2. The molecule has 0 fully saturated rings. The lowest BCUT2D eigenvalue weighted by atomic mass is 10.0. The summed E-state index contributed by atoms with van der Waals surface area (Å²) in [6, 6.07) is 9.20. The molecule has 0 unspecified atom stereocenters. The van der Waals surface area contributed by atoms with Crippen molar-refractivity contribution in [2.24, 2.45) is 12.8 Å². The monoisotopic (exact) mass is 294 g/mol. The van der Waals surface area contributed by atoms with E-state index in [0.29, 0.717) is 22.4 Å². The first-order chi connectivity index (χ1) is 10.5. The summed E-state index contributed by atoms with van der Waals surface area (Å²) in [5, 5.41) is 0.592.